The molecule has 0 unspecified atom stereocenters. The Hall–Kier alpha value is -0.320. The molecule has 0 amide bonds. The molecular formula is C36H84N8. The maximum Gasteiger partial charge on any atom is 0.0107 e. The van der Waals surface area contributed by atoms with Gasteiger partial charge < -0.3 is 42.1 Å². The van der Waals surface area contributed by atoms with Crippen LogP contribution in [0.15, 0.2) is 0 Å². The summed E-state index contributed by atoms with van der Waals surface area (Å²) in [6.45, 7) is 48.6. The maximum atomic E-state index is 3.58. The molecule has 44 heavy (non-hydrogen) atoms. The smallest absolute Gasteiger partial charge is 0.0107 e. The molecule has 0 spiro atoms. The van der Waals surface area contributed by atoms with Crippen LogP contribution < -0.4 is 37.2 Å². The third-order valence-corrected chi connectivity index (χ3v) is 6.79. The summed E-state index contributed by atoms with van der Waals surface area (Å²) in [5, 5.41) is 24.6. The topological polar surface area (TPSA) is 87.5 Å². The van der Waals surface area contributed by atoms with Crippen molar-refractivity contribution in [2.45, 2.75) is 133 Å². The largest absolute Gasteiger partial charge is 0.315 e. The molecule has 0 fully saturated rings. The Balaban J connectivity index is 0. The molecular weight excluding hydrogens is 544 g/mol. The van der Waals surface area contributed by atoms with E-state index in [-0.39, 0.29) is 16.6 Å². The van der Waals surface area contributed by atoms with Crippen molar-refractivity contribution in [3.05, 3.63) is 0 Å². The fourth-order valence-corrected chi connectivity index (χ4v) is 4.02. The van der Waals surface area contributed by atoms with Gasteiger partial charge in [-0.2, -0.15) is 0 Å². The lowest BCUT2D eigenvalue weighted by molar-refractivity contribution is 0.227. The van der Waals surface area contributed by atoms with Gasteiger partial charge in [-0.25, -0.2) is 0 Å². The standard InChI is InChI=1S/C22H51N5.C14H33N3/c1-20(2,3)10-17-27(18-15-23-11-13-25-21(4,5)6)19-16-24-12-14-26-22(7,8)9;1-13(2,3)7-8-15-9-10-16-11-12-17-14(4,5)6/h23-26H,10-19H2,1-9H3;15-17H,7-12H2,1-6H3. The molecule has 0 rings (SSSR count). The van der Waals surface area contributed by atoms with Crippen LogP contribution in [0.2, 0.25) is 0 Å². The SMILES string of the molecule is CC(C)(C)CCN(CCNCCNC(C)(C)C)CCNCCNC(C)(C)C.CC(C)(C)CCNCCNCCNC(C)(C)C. The van der Waals surface area contributed by atoms with Crippen LogP contribution in [0.25, 0.3) is 0 Å². The monoisotopic (exact) mass is 629 g/mol. The van der Waals surface area contributed by atoms with Gasteiger partial charge in [0.2, 0.25) is 0 Å². The maximum absolute atomic E-state index is 3.58. The lowest BCUT2D eigenvalue weighted by Gasteiger charge is -2.27. The normalized spacial score (nSPS) is 13.4. The highest BCUT2D eigenvalue weighted by atomic mass is 15.2. The Morgan fingerprint density at radius 1 is 0.318 bits per heavy atom. The van der Waals surface area contributed by atoms with Crippen molar-refractivity contribution >= 4 is 0 Å². The van der Waals surface area contributed by atoms with E-state index in [1.54, 1.807) is 0 Å². The van der Waals surface area contributed by atoms with Crippen molar-refractivity contribution in [3.63, 3.8) is 0 Å². The summed E-state index contributed by atoms with van der Waals surface area (Å²) in [5.41, 5.74) is 1.47. The van der Waals surface area contributed by atoms with E-state index >= 15 is 0 Å². The van der Waals surface area contributed by atoms with Crippen LogP contribution >= 0.6 is 0 Å². The van der Waals surface area contributed by atoms with Gasteiger partial charge in [-0.1, -0.05) is 41.5 Å². The average Bonchev–Trinajstić information content (AvgIpc) is 2.82. The quantitative estimate of drug-likeness (QED) is 0.0872. The minimum atomic E-state index is 0.202. The van der Waals surface area contributed by atoms with Crippen molar-refractivity contribution in [3.8, 4) is 0 Å². The van der Waals surface area contributed by atoms with E-state index in [2.05, 4.69) is 146 Å². The number of nitrogens with one attached hydrogen (secondary N) is 7. The second-order valence-corrected chi connectivity index (χ2v) is 18.0. The molecule has 8 heteroatoms. The molecule has 0 aliphatic carbocycles. The van der Waals surface area contributed by atoms with Crippen LogP contribution in [0.1, 0.15) is 117 Å². The van der Waals surface area contributed by atoms with Gasteiger partial charge in [0.25, 0.3) is 0 Å². The lowest BCUT2D eigenvalue weighted by Crippen LogP contribution is -2.43. The lowest BCUT2D eigenvalue weighted by atomic mass is 9.92. The van der Waals surface area contributed by atoms with E-state index in [9.17, 15) is 0 Å². The van der Waals surface area contributed by atoms with Gasteiger partial charge in [0, 0.05) is 95.2 Å². The highest BCUT2D eigenvalue weighted by Gasteiger charge is 2.14. The van der Waals surface area contributed by atoms with Gasteiger partial charge in [-0.15, -0.1) is 0 Å². The molecule has 0 saturated heterocycles. The molecule has 0 heterocycles. The third-order valence-electron chi connectivity index (χ3n) is 6.79. The highest BCUT2D eigenvalue weighted by Crippen LogP contribution is 2.18. The first-order valence-electron chi connectivity index (χ1n) is 17.8. The van der Waals surface area contributed by atoms with Crippen molar-refractivity contribution in [1.82, 2.24) is 42.1 Å². The predicted octanol–water partition coefficient (Wildman–Crippen LogP) is 4.67. The molecule has 0 aliphatic rings. The van der Waals surface area contributed by atoms with Gasteiger partial charge in [-0.05, 0) is 99.1 Å². The zero-order valence-corrected chi connectivity index (χ0v) is 32.8. The second-order valence-electron chi connectivity index (χ2n) is 18.0. The summed E-state index contributed by atoms with van der Waals surface area (Å²) in [4.78, 5) is 2.60. The van der Waals surface area contributed by atoms with Gasteiger partial charge >= 0.3 is 0 Å². The fourth-order valence-electron chi connectivity index (χ4n) is 4.02. The second kappa shape index (κ2) is 23.9. The average molecular weight is 629 g/mol. The van der Waals surface area contributed by atoms with Gasteiger partial charge in [0.15, 0.2) is 0 Å². The zero-order valence-electron chi connectivity index (χ0n) is 32.8. The number of hydrogen-bond acceptors (Lipinski definition) is 8. The summed E-state index contributed by atoms with van der Waals surface area (Å²) in [6.07, 6.45) is 2.47. The summed E-state index contributed by atoms with van der Waals surface area (Å²) >= 11 is 0. The molecule has 0 bridgehead atoms. The molecule has 0 saturated carbocycles. The summed E-state index contributed by atoms with van der Waals surface area (Å²) in [5.74, 6) is 0. The third kappa shape index (κ3) is 43.8. The Labute approximate surface area is 277 Å². The number of hydrogen-bond donors (Lipinski definition) is 7. The molecule has 0 aromatic rings. The van der Waals surface area contributed by atoms with Crippen LogP contribution in [0.5, 0.6) is 0 Å². The van der Waals surface area contributed by atoms with Gasteiger partial charge in [0.05, 0.1) is 0 Å². The van der Waals surface area contributed by atoms with Crippen molar-refractivity contribution in [1.29, 1.82) is 0 Å². The molecule has 7 N–H and O–H groups in total. The molecule has 0 aliphatic heterocycles. The summed E-state index contributed by atoms with van der Waals surface area (Å²) in [7, 11) is 0. The van der Waals surface area contributed by atoms with Gasteiger partial charge in [-0.3, -0.25) is 0 Å². The molecule has 0 radical (unpaired) electrons. The first-order valence-corrected chi connectivity index (χ1v) is 17.8. The van der Waals surface area contributed by atoms with E-state index in [1.807, 2.05) is 0 Å². The van der Waals surface area contributed by atoms with E-state index < -0.39 is 0 Å². The van der Waals surface area contributed by atoms with Crippen molar-refractivity contribution in [2.75, 3.05) is 91.6 Å². The van der Waals surface area contributed by atoms with Crippen molar-refractivity contribution in [2.24, 2.45) is 10.8 Å². The minimum absolute atomic E-state index is 0.202. The van der Waals surface area contributed by atoms with Gasteiger partial charge in [0.1, 0.15) is 0 Å². The van der Waals surface area contributed by atoms with E-state index in [0.29, 0.717) is 10.8 Å². The first-order chi connectivity index (χ1) is 20.0. The number of nitrogens with zero attached hydrogens (tertiary/aromatic N) is 1. The Kier molecular flexibility index (Phi) is 24.9. The molecule has 0 aromatic carbocycles. The summed E-state index contributed by atoms with van der Waals surface area (Å²) in [6, 6.07) is 0. The van der Waals surface area contributed by atoms with Crippen LogP contribution in [-0.2, 0) is 0 Å². The first kappa shape index (κ1) is 45.8. The van der Waals surface area contributed by atoms with E-state index in [0.717, 1.165) is 85.1 Å². The predicted molar refractivity (Wildman–Crippen MR) is 199 cm³/mol. The fraction of sp³-hybridized carbons (Fsp3) is 1.00. The molecule has 0 atom stereocenters. The van der Waals surface area contributed by atoms with Crippen LogP contribution in [0.3, 0.4) is 0 Å². The van der Waals surface area contributed by atoms with Crippen LogP contribution in [0.4, 0.5) is 0 Å². The van der Waals surface area contributed by atoms with Crippen molar-refractivity contribution < 1.29 is 0 Å². The Bertz CT molecular complexity index is 587. The Morgan fingerprint density at radius 3 is 0.932 bits per heavy atom. The number of rotatable bonds is 22. The van der Waals surface area contributed by atoms with Crippen LogP contribution in [0, 0.1) is 10.8 Å². The molecule has 268 valence electrons. The molecule has 8 nitrogen and oxygen atoms in total. The zero-order chi connectivity index (χ0) is 34.3. The van der Waals surface area contributed by atoms with E-state index in [1.165, 1.54) is 19.4 Å². The minimum Gasteiger partial charge on any atom is -0.315 e. The van der Waals surface area contributed by atoms with E-state index in [4.69, 9.17) is 0 Å². The Morgan fingerprint density at radius 2 is 0.614 bits per heavy atom. The molecule has 0 aromatic heterocycles. The highest BCUT2D eigenvalue weighted by molar-refractivity contribution is 4.73. The van der Waals surface area contributed by atoms with Crippen LogP contribution in [-0.4, -0.2) is 113 Å². The summed E-state index contributed by atoms with van der Waals surface area (Å²) < 4.78 is 0.